The van der Waals surface area contributed by atoms with E-state index in [1.807, 2.05) is 13.8 Å². The van der Waals surface area contributed by atoms with Crippen LogP contribution in [0, 0.1) is 37.1 Å². The third-order valence-electron chi connectivity index (χ3n) is 11.7. The minimum atomic E-state index is -0.936. The standard InChI is InChI=1S/2C22H22F2N2O3.Na.H2O/c2*1-13-3-4-14(15-5-6-17(23)18(24)12-15)11-16(13)19-20(27)22(25-21(19)28)7-9-26(29-2)10-8-22;;/h2*3-6,11-12,27H,7-10H2,1-2H3,(H,25,28);;1H2/q;;+1;/p-1. The quantitative estimate of drug-likeness (QED) is 0.165. The van der Waals surface area contributed by atoms with E-state index in [9.17, 15) is 37.4 Å². The van der Waals surface area contributed by atoms with Crippen molar-refractivity contribution in [3.63, 3.8) is 0 Å². The number of rotatable bonds is 6. The largest absolute Gasteiger partial charge is 1.00 e. The predicted molar refractivity (Wildman–Crippen MR) is 211 cm³/mol. The number of amides is 2. The van der Waals surface area contributed by atoms with Crippen LogP contribution in [0.2, 0.25) is 0 Å². The molecule has 0 radical (unpaired) electrons. The smallest absolute Gasteiger partial charge is 0.870 e. The topological polar surface area (TPSA) is 154 Å². The maximum absolute atomic E-state index is 13.7. The monoisotopic (exact) mass is 840 g/mol. The molecule has 2 fully saturated rings. The van der Waals surface area contributed by atoms with Crippen LogP contribution >= 0.6 is 0 Å². The van der Waals surface area contributed by atoms with Gasteiger partial charge in [0, 0.05) is 26.2 Å². The normalized spacial score (nSPS) is 18.5. The second-order valence-electron chi connectivity index (χ2n) is 15.1. The van der Waals surface area contributed by atoms with Gasteiger partial charge in [-0.2, -0.15) is 10.1 Å². The molecule has 0 bridgehead atoms. The summed E-state index contributed by atoms with van der Waals surface area (Å²) < 4.78 is 53.9. The molecule has 4 heterocycles. The summed E-state index contributed by atoms with van der Waals surface area (Å²) in [5, 5.41) is 31.6. The third kappa shape index (κ3) is 8.76. The van der Waals surface area contributed by atoms with E-state index in [0.29, 0.717) is 85.2 Å². The van der Waals surface area contributed by atoms with Crippen LogP contribution in [-0.2, 0) is 19.3 Å². The Kier molecular flexibility index (Phi) is 14.4. The average Bonchev–Trinajstić information content (AvgIpc) is 3.60. The molecule has 8 rings (SSSR count). The number of nitrogens with zero attached hydrogens (tertiary/aromatic N) is 2. The Bertz CT molecular complexity index is 2200. The van der Waals surface area contributed by atoms with Crippen molar-refractivity contribution in [2.75, 3.05) is 40.4 Å². The molecule has 2 saturated heterocycles. The van der Waals surface area contributed by atoms with Gasteiger partial charge in [-0.1, -0.05) is 36.4 Å². The zero-order valence-corrected chi connectivity index (χ0v) is 36.0. The zero-order valence-electron chi connectivity index (χ0n) is 34.0. The van der Waals surface area contributed by atoms with Crippen LogP contribution in [0.4, 0.5) is 17.6 Å². The van der Waals surface area contributed by atoms with Crippen molar-refractivity contribution >= 4 is 23.0 Å². The number of aliphatic hydroxyl groups excluding tert-OH is 2. The number of carbonyl (C=O) groups is 2. The van der Waals surface area contributed by atoms with E-state index in [-0.39, 0.29) is 69.5 Å². The summed E-state index contributed by atoms with van der Waals surface area (Å²) in [5.41, 5.74) is 3.88. The summed E-state index contributed by atoms with van der Waals surface area (Å²) in [6.45, 7) is 6.03. The number of benzene rings is 4. The molecule has 16 heteroatoms. The summed E-state index contributed by atoms with van der Waals surface area (Å²) in [6, 6.07) is 18.0. The van der Waals surface area contributed by atoms with Crippen LogP contribution in [0.15, 0.2) is 84.3 Å². The number of nitrogens with one attached hydrogen (secondary N) is 2. The van der Waals surface area contributed by atoms with E-state index < -0.39 is 34.3 Å². The van der Waals surface area contributed by atoms with Gasteiger partial charge in [-0.05, 0) is 120 Å². The summed E-state index contributed by atoms with van der Waals surface area (Å²) in [5.74, 6) is -4.31. The molecule has 4 aromatic rings. The number of hydroxylamine groups is 4. The molecule has 5 N–H and O–H groups in total. The SMILES string of the molecule is CON1CCC2(CC1)NC(=O)C(c1cc(-c3ccc(F)c(F)c3)ccc1C)=C2O.CON1CCC2(CC1)NC(=O)C(c1cc(-c3ccc(F)c(F)c3)ccc1C)=C2O.[Na+].[OH-]. The van der Waals surface area contributed by atoms with Gasteiger partial charge in [-0.3, -0.25) is 9.59 Å². The maximum atomic E-state index is 13.7. The van der Waals surface area contributed by atoms with Crippen LogP contribution < -0.4 is 40.2 Å². The van der Waals surface area contributed by atoms with Crippen molar-refractivity contribution in [3.05, 3.63) is 130 Å². The average molecular weight is 841 g/mol. The Balaban J connectivity index is 0.000000220. The molecule has 0 aromatic heterocycles. The summed E-state index contributed by atoms with van der Waals surface area (Å²) in [4.78, 5) is 36.1. The second kappa shape index (κ2) is 18.6. The molecule has 312 valence electrons. The van der Waals surface area contributed by atoms with Gasteiger partial charge < -0.3 is 36.0 Å². The molecule has 0 atom stereocenters. The number of halogens is 4. The molecule has 4 aliphatic rings. The molecule has 60 heavy (non-hydrogen) atoms. The van der Waals surface area contributed by atoms with E-state index in [1.165, 1.54) is 12.1 Å². The first kappa shape index (κ1) is 46.5. The third-order valence-corrected chi connectivity index (χ3v) is 11.7. The Morgan fingerprint density at radius 3 is 1.18 bits per heavy atom. The molecular weight excluding hydrogens is 795 g/mol. The molecule has 2 amide bonds. The molecule has 4 aromatic carbocycles. The molecule has 11 nitrogen and oxygen atoms in total. The van der Waals surface area contributed by atoms with Crippen molar-refractivity contribution in [2.45, 2.75) is 50.6 Å². The molecule has 0 unspecified atom stereocenters. The number of aryl methyl sites for hydroxylation is 2. The summed E-state index contributed by atoms with van der Waals surface area (Å²) >= 11 is 0. The molecule has 4 aliphatic heterocycles. The Labute approximate surface area is 367 Å². The van der Waals surface area contributed by atoms with Crippen LogP contribution in [-0.4, -0.2) is 89.1 Å². The molecular formula is C44H45F4N4NaO7. The van der Waals surface area contributed by atoms with Gasteiger partial charge in [0.2, 0.25) is 0 Å². The van der Waals surface area contributed by atoms with Crippen LogP contribution in [0.5, 0.6) is 0 Å². The Morgan fingerprint density at radius 2 is 0.867 bits per heavy atom. The van der Waals surface area contributed by atoms with Crippen molar-refractivity contribution in [2.24, 2.45) is 0 Å². The van der Waals surface area contributed by atoms with Crippen molar-refractivity contribution < 1.29 is 82.1 Å². The number of hydrogen-bond donors (Lipinski definition) is 4. The first-order valence-electron chi connectivity index (χ1n) is 18.9. The summed E-state index contributed by atoms with van der Waals surface area (Å²) in [7, 11) is 3.19. The van der Waals surface area contributed by atoms with Crippen molar-refractivity contribution in [1.82, 2.24) is 20.8 Å². The maximum Gasteiger partial charge on any atom is 1.00 e. The van der Waals surface area contributed by atoms with Crippen molar-refractivity contribution in [1.29, 1.82) is 0 Å². The van der Waals surface area contributed by atoms with Gasteiger partial charge in [0.05, 0.1) is 25.4 Å². The van der Waals surface area contributed by atoms with E-state index in [1.54, 1.807) is 60.7 Å². The van der Waals surface area contributed by atoms with Crippen LogP contribution in [0.3, 0.4) is 0 Å². The zero-order chi connectivity index (χ0) is 41.5. The fourth-order valence-corrected chi connectivity index (χ4v) is 8.19. The first-order chi connectivity index (χ1) is 27.7. The van der Waals surface area contributed by atoms with Crippen LogP contribution in [0.1, 0.15) is 47.9 Å². The predicted octanol–water partition coefficient (Wildman–Crippen LogP) is 4.30. The van der Waals surface area contributed by atoms with Gasteiger partial charge in [0.25, 0.3) is 11.8 Å². The summed E-state index contributed by atoms with van der Waals surface area (Å²) in [6.07, 6.45) is 2.13. The van der Waals surface area contributed by atoms with E-state index >= 15 is 0 Å². The number of hydrogen-bond acceptors (Lipinski definition) is 9. The number of carbonyl (C=O) groups excluding carboxylic acids is 2. The minimum Gasteiger partial charge on any atom is -0.870 e. The van der Waals surface area contributed by atoms with E-state index in [0.717, 1.165) is 35.4 Å². The number of aliphatic hydroxyl groups is 2. The van der Waals surface area contributed by atoms with Gasteiger partial charge in [-0.15, -0.1) is 0 Å². The van der Waals surface area contributed by atoms with E-state index in [4.69, 9.17) is 9.68 Å². The first-order valence-corrected chi connectivity index (χ1v) is 18.9. The van der Waals surface area contributed by atoms with Crippen molar-refractivity contribution in [3.8, 4) is 22.3 Å². The van der Waals surface area contributed by atoms with Gasteiger partial charge in [0.1, 0.15) is 22.6 Å². The molecule has 2 spiro atoms. The van der Waals surface area contributed by atoms with Crippen LogP contribution in [0.25, 0.3) is 33.4 Å². The second-order valence-corrected chi connectivity index (χ2v) is 15.1. The van der Waals surface area contributed by atoms with Gasteiger partial charge in [0.15, 0.2) is 23.3 Å². The van der Waals surface area contributed by atoms with Gasteiger partial charge >= 0.3 is 29.6 Å². The van der Waals surface area contributed by atoms with E-state index in [2.05, 4.69) is 10.6 Å². The number of piperidine rings is 2. The molecule has 0 saturated carbocycles. The fourth-order valence-electron chi connectivity index (χ4n) is 8.19. The fraction of sp³-hybridized carbons (Fsp3) is 0.318. The molecule has 0 aliphatic carbocycles. The Hall–Kier alpha value is -4.58. The van der Waals surface area contributed by atoms with Gasteiger partial charge in [-0.25, -0.2) is 17.6 Å². The Morgan fingerprint density at radius 1 is 0.550 bits per heavy atom. The minimum absolute atomic E-state index is 0.